The van der Waals surface area contributed by atoms with Gasteiger partial charge >= 0.3 is 0 Å². The normalized spacial score (nSPS) is 14.5. The molecule has 2 heterocycles. The van der Waals surface area contributed by atoms with Crippen LogP contribution in [0.25, 0.3) is 0 Å². The molecule has 9 heteroatoms. The number of thiazole rings is 1. The first-order chi connectivity index (χ1) is 15.2. The number of anilines is 1. The van der Waals surface area contributed by atoms with Gasteiger partial charge in [-0.15, -0.1) is 11.3 Å². The maximum atomic E-state index is 12.9. The van der Waals surface area contributed by atoms with E-state index < -0.39 is 0 Å². The van der Waals surface area contributed by atoms with Gasteiger partial charge < -0.3 is 15.1 Å². The van der Waals surface area contributed by atoms with Crippen molar-refractivity contribution in [1.82, 2.24) is 14.8 Å². The summed E-state index contributed by atoms with van der Waals surface area (Å²) in [6, 6.07) is 6.59. The van der Waals surface area contributed by atoms with Crippen LogP contribution in [0.2, 0.25) is 5.02 Å². The van der Waals surface area contributed by atoms with E-state index >= 15 is 0 Å². The lowest BCUT2D eigenvalue weighted by molar-refractivity contribution is -0.131. The number of amides is 3. The summed E-state index contributed by atoms with van der Waals surface area (Å²) >= 11 is 7.43. The maximum absolute atomic E-state index is 12.9. The lowest BCUT2D eigenvalue weighted by Crippen LogP contribution is -2.42. The number of rotatable bonds is 7. The van der Waals surface area contributed by atoms with E-state index in [1.807, 2.05) is 18.7 Å². The van der Waals surface area contributed by atoms with Gasteiger partial charge in [0, 0.05) is 24.5 Å². The number of carbonyl (C=O) groups is 3. The van der Waals surface area contributed by atoms with Crippen LogP contribution in [0.3, 0.4) is 0 Å². The summed E-state index contributed by atoms with van der Waals surface area (Å²) < 4.78 is 0. The van der Waals surface area contributed by atoms with Gasteiger partial charge in [-0.3, -0.25) is 14.4 Å². The van der Waals surface area contributed by atoms with E-state index in [4.69, 9.17) is 11.6 Å². The summed E-state index contributed by atoms with van der Waals surface area (Å²) in [6.07, 6.45) is 2.29. The topological polar surface area (TPSA) is 82.6 Å². The van der Waals surface area contributed by atoms with Crippen molar-refractivity contribution in [2.24, 2.45) is 5.92 Å². The molecule has 1 aliphatic rings. The molecular weight excluding hydrogens is 448 g/mol. The summed E-state index contributed by atoms with van der Waals surface area (Å²) in [4.78, 5) is 45.8. The van der Waals surface area contributed by atoms with Gasteiger partial charge in [0.25, 0.3) is 5.91 Å². The minimum atomic E-state index is -0.351. The summed E-state index contributed by atoms with van der Waals surface area (Å²) in [5, 5.41) is 5.29. The molecule has 0 spiro atoms. The van der Waals surface area contributed by atoms with Gasteiger partial charge in [-0.25, -0.2) is 4.98 Å². The van der Waals surface area contributed by atoms with Gasteiger partial charge in [0.2, 0.25) is 11.8 Å². The predicted octanol–water partition coefficient (Wildman–Crippen LogP) is 4.09. The molecule has 0 unspecified atom stereocenters. The molecule has 172 valence electrons. The number of nitrogens with one attached hydrogen (secondary N) is 1. The molecule has 0 radical (unpaired) electrons. The summed E-state index contributed by atoms with van der Waals surface area (Å²) in [5.41, 5.74) is 1.000. The van der Waals surface area contributed by atoms with E-state index in [1.54, 1.807) is 29.6 Å². The van der Waals surface area contributed by atoms with E-state index in [9.17, 15) is 14.4 Å². The second-order valence-corrected chi connectivity index (χ2v) is 9.70. The van der Waals surface area contributed by atoms with Gasteiger partial charge in [-0.05, 0) is 44.7 Å². The number of hydrogen-bond donors (Lipinski definition) is 1. The third-order valence-electron chi connectivity index (χ3n) is 5.57. The fraction of sp³-hybridized carbons (Fsp3) is 0.478. The fourth-order valence-electron chi connectivity index (χ4n) is 3.56. The Morgan fingerprint density at radius 2 is 1.94 bits per heavy atom. The van der Waals surface area contributed by atoms with Gasteiger partial charge in [-0.2, -0.15) is 0 Å². The molecule has 0 aliphatic carbocycles. The number of carbonyl (C=O) groups excluding carboxylic acids is 3. The first kappa shape index (κ1) is 24.2. The Morgan fingerprint density at radius 3 is 2.59 bits per heavy atom. The third kappa shape index (κ3) is 6.29. The Bertz CT molecular complexity index is 970. The lowest BCUT2D eigenvalue weighted by atomic mass is 9.99. The Balaban J connectivity index is 1.57. The number of hydrogen-bond acceptors (Lipinski definition) is 5. The van der Waals surface area contributed by atoms with Crippen LogP contribution in [0, 0.1) is 5.92 Å². The van der Waals surface area contributed by atoms with Gasteiger partial charge in [0.1, 0.15) is 6.54 Å². The van der Waals surface area contributed by atoms with Crippen LogP contribution in [-0.4, -0.2) is 58.2 Å². The fourth-order valence-corrected chi connectivity index (χ4v) is 4.51. The molecule has 32 heavy (non-hydrogen) atoms. The van der Waals surface area contributed by atoms with Gasteiger partial charge in [0.05, 0.1) is 22.7 Å². The number of benzene rings is 1. The van der Waals surface area contributed by atoms with Crippen molar-refractivity contribution in [3.63, 3.8) is 0 Å². The molecule has 0 atom stereocenters. The molecule has 2 aromatic rings. The standard InChI is InChI=1S/C23H29ClN4O3S/c1-15(2)28(22(31)18-6-4-5-7-19(18)24)13-20(29)26-23-25-17(14-32-23)12-21(30)27-10-8-16(3)9-11-27/h4-7,14-16H,8-13H2,1-3H3,(H,25,26,29). The number of halogens is 1. The van der Waals surface area contributed by atoms with E-state index in [0.29, 0.717) is 27.3 Å². The summed E-state index contributed by atoms with van der Waals surface area (Å²) in [6.45, 7) is 7.35. The molecule has 7 nitrogen and oxygen atoms in total. The summed E-state index contributed by atoms with van der Waals surface area (Å²) in [7, 11) is 0. The van der Waals surface area contributed by atoms with E-state index in [1.165, 1.54) is 16.2 Å². The van der Waals surface area contributed by atoms with Crippen LogP contribution < -0.4 is 5.32 Å². The molecule has 1 aromatic heterocycles. The second-order valence-electron chi connectivity index (χ2n) is 8.44. The smallest absolute Gasteiger partial charge is 0.256 e. The molecule has 1 aromatic carbocycles. The Morgan fingerprint density at radius 1 is 1.25 bits per heavy atom. The van der Waals surface area contributed by atoms with Crippen molar-refractivity contribution in [2.45, 2.75) is 46.1 Å². The average molecular weight is 477 g/mol. The first-order valence-electron chi connectivity index (χ1n) is 10.8. The Hall–Kier alpha value is -2.45. The molecule has 1 N–H and O–H groups in total. The first-order valence-corrected chi connectivity index (χ1v) is 12.1. The SMILES string of the molecule is CC1CCN(C(=O)Cc2csc(NC(=O)CN(C(=O)c3ccccc3Cl)C(C)C)n2)CC1. The molecular formula is C23H29ClN4O3S. The highest BCUT2D eigenvalue weighted by Gasteiger charge is 2.24. The Kier molecular flexibility index (Phi) is 8.26. The van der Waals surface area contributed by atoms with Gasteiger partial charge in [-0.1, -0.05) is 30.7 Å². The number of nitrogens with zero attached hydrogens (tertiary/aromatic N) is 3. The zero-order valence-electron chi connectivity index (χ0n) is 18.6. The van der Waals surface area contributed by atoms with Crippen molar-refractivity contribution in [3.05, 3.63) is 45.9 Å². The average Bonchev–Trinajstić information content (AvgIpc) is 3.18. The van der Waals surface area contributed by atoms with Crippen molar-refractivity contribution in [1.29, 1.82) is 0 Å². The monoisotopic (exact) mass is 476 g/mol. The van der Waals surface area contributed by atoms with Crippen molar-refractivity contribution >= 4 is 45.8 Å². The maximum Gasteiger partial charge on any atom is 0.256 e. The van der Waals surface area contributed by atoms with Crippen LogP contribution in [0.15, 0.2) is 29.6 Å². The molecule has 1 aliphatic heterocycles. The second kappa shape index (κ2) is 10.9. The highest BCUT2D eigenvalue weighted by molar-refractivity contribution is 7.13. The van der Waals surface area contributed by atoms with E-state index in [2.05, 4.69) is 17.2 Å². The van der Waals surface area contributed by atoms with E-state index in [0.717, 1.165) is 25.9 Å². The van der Waals surface area contributed by atoms with Gasteiger partial charge in [0.15, 0.2) is 5.13 Å². The molecule has 3 amide bonds. The lowest BCUT2D eigenvalue weighted by Gasteiger charge is -2.30. The minimum absolute atomic E-state index is 0.0661. The number of likely N-dealkylation sites (tertiary alicyclic amines) is 1. The third-order valence-corrected chi connectivity index (χ3v) is 6.71. The van der Waals surface area contributed by atoms with Crippen LogP contribution in [0.4, 0.5) is 5.13 Å². The molecule has 3 rings (SSSR count). The summed E-state index contributed by atoms with van der Waals surface area (Å²) in [5.74, 6) is 0.0742. The van der Waals surface area contributed by atoms with Crippen LogP contribution in [0.5, 0.6) is 0 Å². The van der Waals surface area contributed by atoms with Crippen LogP contribution in [0.1, 0.15) is 49.7 Å². The molecule has 1 saturated heterocycles. The molecule has 1 fully saturated rings. The van der Waals surface area contributed by atoms with Crippen molar-refractivity contribution in [2.75, 3.05) is 25.0 Å². The highest BCUT2D eigenvalue weighted by atomic mass is 35.5. The minimum Gasteiger partial charge on any atom is -0.342 e. The van der Waals surface area contributed by atoms with E-state index in [-0.39, 0.29) is 36.7 Å². The van der Waals surface area contributed by atoms with Crippen LogP contribution in [-0.2, 0) is 16.0 Å². The molecule has 0 saturated carbocycles. The van der Waals surface area contributed by atoms with Crippen LogP contribution >= 0.6 is 22.9 Å². The largest absolute Gasteiger partial charge is 0.342 e. The predicted molar refractivity (Wildman–Crippen MR) is 127 cm³/mol. The van der Waals surface area contributed by atoms with Crippen molar-refractivity contribution in [3.8, 4) is 0 Å². The number of aromatic nitrogens is 1. The Labute approximate surface area is 197 Å². The number of piperidine rings is 1. The van der Waals surface area contributed by atoms with Crippen molar-refractivity contribution < 1.29 is 14.4 Å². The zero-order chi connectivity index (χ0) is 23.3. The molecule has 0 bridgehead atoms. The zero-order valence-corrected chi connectivity index (χ0v) is 20.2. The highest BCUT2D eigenvalue weighted by Crippen LogP contribution is 2.21. The quantitative estimate of drug-likeness (QED) is 0.652.